The minimum atomic E-state index is 0.0222. The van der Waals surface area contributed by atoms with Crippen LogP contribution < -0.4 is 11.3 Å². The molecule has 1 fully saturated rings. The summed E-state index contributed by atoms with van der Waals surface area (Å²) in [4.78, 5) is 4.06. The van der Waals surface area contributed by atoms with Crippen molar-refractivity contribution in [3.05, 3.63) is 5.82 Å². The van der Waals surface area contributed by atoms with Gasteiger partial charge in [-0.1, -0.05) is 13.3 Å². The third kappa shape index (κ3) is 3.16. The number of aromatic nitrogens is 4. The molecule has 3 N–H and O–H groups in total. The minimum Gasteiger partial charge on any atom is -0.296 e. The summed E-state index contributed by atoms with van der Waals surface area (Å²) in [5.41, 5.74) is 3.01. The SMILES string of the molecule is CCC(C)(C(Cc1nnn(C)n1)NN)N1CCCCC1. The van der Waals surface area contributed by atoms with Gasteiger partial charge in [0.05, 0.1) is 7.05 Å². The predicted octanol–water partition coefficient (Wildman–Crippen LogP) is 0.239. The van der Waals surface area contributed by atoms with E-state index in [4.69, 9.17) is 5.84 Å². The van der Waals surface area contributed by atoms with Crippen LogP contribution in [0.1, 0.15) is 45.4 Å². The fourth-order valence-electron chi connectivity index (χ4n) is 3.14. The van der Waals surface area contributed by atoms with Crippen molar-refractivity contribution in [2.75, 3.05) is 13.1 Å². The van der Waals surface area contributed by atoms with Gasteiger partial charge in [-0.25, -0.2) is 0 Å². The van der Waals surface area contributed by atoms with Crippen LogP contribution in [0.3, 0.4) is 0 Å². The Morgan fingerprint density at radius 1 is 1.35 bits per heavy atom. The lowest BCUT2D eigenvalue weighted by atomic mass is 9.84. The van der Waals surface area contributed by atoms with Crippen LogP contribution in [-0.2, 0) is 13.5 Å². The zero-order chi connectivity index (χ0) is 14.6. The highest BCUT2D eigenvalue weighted by atomic mass is 15.6. The second kappa shape index (κ2) is 6.60. The Morgan fingerprint density at radius 2 is 2.05 bits per heavy atom. The number of piperidine rings is 1. The Labute approximate surface area is 120 Å². The molecule has 20 heavy (non-hydrogen) atoms. The van der Waals surface area contributed by atoms with E-state index in [-0.39, 0.29) is 11.6 Å². The smallest absolute Gasteiger partial charge is 0.176 e. The van der Waals surface area contributed by atoms with E-state index in [1.54, 1.807) is 7.05 Å². The Bertz CT molecular complexity index is 413. The Hall–Kier alpha value is -1.05. The number of tetrazole rings is 1. The minimum absolute atomic E-state index is 0.0222. The first-order valence-electron chi connectivity index (χ1n) is 7.54. The molecular formula is C13H27N7. The summed E-state index contributed by atoms with van der Waals surface area (Å²) in [6, 6.07) is 0.120. The Balaban J connectivity index is 2.12. The molecule has 1 saturated heterocycles. The lowest BCUT2D eigenvalue weighted by Gasteiger charge is -2.47. The molecule has 0 bridgehead atoms. The van der Waals surface area contributed by atoms with Crippen molar-refractivity contribution < 1.29 is 0 Å². The molecule has 1 aromatic rings. The molecule has 1 aliphatic rings. The van der Waals surface area contributed by atoms with E-state index in [1.165, 1.54) is 24.1 Å². The van der Waals surface area contributed by atoms with Crippen molar-refractivity contribution in [1.82, 2.24) is 30.5 Å². The predicted molar refractivity (Wildman–Crippen MR) is 77.7 cm³/mol. The van der Waals surface area contributed by atoms with Crippen LogP contribution in [0.25, 0.3) is 0 Å². The lowest BCUT2D eigenvalue weighted by molar-refractivity contribution is 0.0423. The molecule has 0 saturated carbocycles. The summed E-state index contributed by atoms with van der Waals surface area (Å²) in [6.07, 6.45) is 5.63. The first-order chi connectivity index (χ1) is 9.60. The largest absolute Gasteiger partial charge is 0.296 e. The highest BCUT2D eigenvalue weighted by molar-refractivity contribution is 5.00. The van der Waals surface area contributed by atoms with E-state index in [1.807, 2.05) is 0 Å². The van der Waals surface area contributed by atoms with Crippen LogP contribution in [-0.4, -0.2) is 49.8 Å². The van der Waals surface area contributed by atoms with Crippen molar-refractivity contribution >= 4 is 0 Å². The molecule has 0 aromatic carbocycles. The number of rotatable bonds is 6. The molecule has 2 heterocycles. The van der Waals surface area contributed by atoms with Crippen molar-refractivity contribution in [1.29, 1.82) is 0 Å². The van der Waals surface area contributed by atoms with Crippen molar-refractivity contribution in [2.45, 2.75) is 57.5 Å². The van der Waals surface area contributed by atoms with Crippen LogP contribution in [0.2, 0.25) is 0 Å². The highest BCUT2D eigenvalue weighted by Gasteiger charge is 2.38. The highest BCUT2D eigenvalue weighted by Crippen LogP contribution is 2.28. The molecule has 2 atom stereocenters. The van der Waals surface area contributed by atoms with Crippen LogP contribution in [0.5, 0.6) is 0 Å². The van der Waals surface area contributed by atoms with Crippen LogP contribution in [0.15, 0.2) is 0 Å². The standard InChI is InChI=1S/C13H27N7/c1-4-13(2,20-8-6-5-7-9-20)11(15-14)10-12-16-18-19(3)17-12/h11,15H,4-10,14H2,1-3H3. The summed E-state index contributed by atoms with van der Waals surface area (Å²) < 4.78 is 0. The molecular weight excluding hydrogens is 254 g/mol. The molecule has 0 amide bonds. The van der Waals surface area contributed by atoms with Gasteiger partial charge in [-0.2, -0.15) is 4.80 Å². The zero-order valence-corrected chi connectivity index (χ0v) is 12.8. The number of hydrogen-bond donors (Lipinski definition) is 2. The third-order valence-electron chi connectivity index (χ3n) is 4.68. The number of nitrogens with two attached hydrogens (primary N) is 1. The second-order valence-electron chi connectivity index (χ2n) is 5.88. The molecule has 1 aromatic heterocycles. The van der Waals surface area contributed by atoms with Gasteiger partial charge >= 0.3 is 0 Å². The molecule has 0 radical (unpaired) electrons. The van der Waals surface area contributed by atoms with Crippen molar-refractivity contribution in [2.24, 2.45) is 12.9 Å². The Morgan fingerprint density at radius 3 is 2.55 bits per heavy atom. The van der Waals surface area contributed by atoms with Crippen molar-refractivity contribution in [3.63, 3.8) is 0 Å². The normalized spacial score (nSPS) is 21.6. The summed E-state index contributed by atoms with van der Waals surface area (Å²) in [5, 5.41) is 12.3. The topological polar surface area (TPSA) is 84.9 Å². The maximum atomic E-state index is 5.84. The van der Waals surface area contributed by atoms with Gasteiger partial charge in [0.1, 0.15) is 0 Å². The first kappa shape index (κ1) is 15.3. The molecule has 0 spiro atoms. The van der Waals surface area contributed by atoms with Gasteiger partial charge in [0.15, 0.2) is 5.82 Å². The lowest BCUT2D eigenvalue weighted by Crippen LogP contribution is -2.62. The summed E-state index contributed by atoms with van der Waals surface area (Å²) in [7, 11) is 1.78. The quantitative estimate of drug-likeness (QED) is 0.574. The van der Waals surface area contributed by atoms with Crippen LogP contribution >= 0.6 is 0 Å². The van der Waals surface area contributed by atoms with Crippen LogP contribution in [0.4, 0.5) is 0 Å². The molecule has 2 unspecified atom stereocenters. The van der Waals surface area contributed by atoms with Gasteiger partial charge in [0.25, 0.3) is 0 Å². The fraction of sp³-hybridized carbons (Fsp3) is 0.923. The third-order valence-corrected chi connectivity index (χ3v) is 4.68. The maximum Gasteiger partial charge on any atom is 0.176 e. The Kier molecular flexibility index (Phi) is 5.06. The van der Waals surface area contributed by atoms with Gasteiger partial charge in [0, 0.05) is 18.0 Å². The number of likely N-dealkylation sites (tertiary alicyclic amines) is 1. The van der Waals surface area contributed by atoms with Gasteiger partial charge in [-0.3, -0.25) is 16.2 Å². The van der Waals surface area contributed by atoms with Gasteiger partial charge in [0.2, 0.25) is 0 Å². The molecule has 7 heteroatoms. The number of nitrogens with zero attached hydrogens (tertiary/aromatic N) is 5. The zero-order valence-electron chi connectivity index (χ0n) is 12.8. The number of aryl methyl sites for hydroxylation is 1. The van der Waals surface area contributed by atoms with Gasteiger partial charge in [-0.15, -0.1) is 10.2 Å². The van der Waals surface area contributed by atoms with E-state index in [0.29, 0.717) is 6.42 Å². The molecule has 7 nitrogen and oxygen atoms in total. The van der Waals surface area contributed by atoms with E-state index >= 15 is 0 Å². The summed E-state index contributed by atoms with van der Waals surface area (Å²) >= 11 is 0. The van der Waals surface area contributed by atoms with E-state index in [0.717, 1.165) is 25.3 Å². The molecule has 0 aliphatic carbocycles. The number of nitrogens with one attached hydrogen (secondary N) is 1. The summed E-state index contributed by atoms with van der Waals surface area (Å²) in [6.45, 7) is 6.81. The molecule has 1 aliphatic heterocycles. The molecule has 2 rings (SSSR count). The van der Waals surface area contributed by atoms with E-state index in [9.17, 15) is 0 Å². The second-order valence-corrected chi connectivity index (χ2v) is 5.88. The summed E-state index contributed by atoms with van der Waals surface area (Å²) in [5.74, 6) is 6.58. The fourth-order valence-corrected chi connectivity index (χ4v) is 3.14. The van der Waals surface area contributed by atoms with Gasteiger partial charge < -0.3 is 0 Å². The van der Waals surface area contributed by atoms with Gasteiger partial charge in [-0.05, 0) is 44.5 Å². The number of hydrogen-bond acceptors (Lipinski definition) is 6. The molecule has 114 valence electrons. The van der Waals surface area contributed by atoms with E-state index < -0.39 is 0 Å². The average molecular weight is 281 g/mol. The van der Waals surface area contributed by atoms with Crippen LogP contribution in [0, 0.1) is 0 Å². The number of hydrazine groups is 1. The van der Waals surface area contributed by atoms with Crippen molar-refractivity contribution in [3.8, 4) is 0 Å². The average Bonchev–Trinajstić information content (AvgIpc) is 2.90. The van der Waals surface area contributed by atoms with E-state index in [2.05, 4.69) is 39.6 Å². The monoisotopic (exact) mass is 281 g/mol. The maximum absolute atomic E-state index is 5.84. The first-order valence-corrected chi connectivity index (χ1v) is 7.54.